The number of nitrogens with one attached hydrogen (secondary N) is 1. The van der Waals surface area contributed by atoms with Crippen LogP contribution in [0.5, 0.6) is 0 Å². The highest BCUT2D eigenvalue weighted by Gasteiger charge is 2.12. The van der Waals surface area contributed by atoms with Gasteiger partial charge in [-0.05, 0) is 18.2 Å². The highest BCUT2D eigenvalue weighted by atomic mass is 14.9. The first-order chi connectivity index (χ1) is 7.92. The Balaban J connectivity index is 2.31. The molecule has 1 atom stereocenters. The lowest BCUT2D eigenvalue weighted by molar-refractivity contribution is 0.614. The number of aromatic nitrogens is 2. The molecule has 16 heavy (non-hydrogen) atoms. The molecule has 1 N–H and O–H groups in total. The molecule has 0 aliphatic rings. The molecule has 1 unspecified atom stereocenters. The predicted octanol–water partition coefficient (Wildman–Crippen LogP) is 2.18. The maximum Gasteiger partial charge on any atom is 0.115 e. The van der Waals surface area contributed by atoms with Crippen LogP contribution in [0.3, 0.4) is 0 Å². The minimum absolute atomic E-state index is 0.147. The van der Waals surface area contributed by atoms with Gasteiger partial charge in [-0.1, -0.05) is 37.3 Å². The summed E-state index contributed by atoms with van der Waals surface area (Å²) >= 11 is 0. The minimum atomic E-state index is 0.147. The molecule has 0 fully saturated rings. The molecule has 0 radical (unpaired) electrons. The average molecular weight is 213 g/mol. The summed E-state index contributed by atoms with van der Waals surface area (Å²) in [4.78, 5) is 8.24. The van der Waals surface area contributed by atoms with Crippen molar-refractivity contribution in [3.05, 3.63) is 60.2 Å². The van der Waals surface area contributed by atoms with Crippen molar-refractivity contribution in [2.75, 3.05) is 6.54 Å². The summed E-state index contributed by atoms with van der Waals surface area (Å²) in [5, 5.41) is 3.42. The summed E-state index contributed by atoms with van der Waals surface area (Å²) in [5.74, 6) is 0. The molecule has 82 valence electrons. The van der Waals surface area contributed by atoms with Crippen molar-refractivity contribution in [3.8, 4) is 0 Å². The highest BCUT2D eigenvalue weighted by Crippen LogP contribution is 2.18. The predicted molar refractivity (Wildman–Crippen MR) is 64.0 cm³/mol. The van der Waals surface area contributed by atoms with E-state index in [1.165, 1.54) is 5.56 Å². The molecule has 0 bridgehead atoms. The Hall–Kier alpha value is -1.74. The molecule has 0 saturated carbocycles. The largest absolute Gasteiger partial charge is 0.305 e. The van der Waals surface area contributed by atoms with Gasteiger partial charge in [0.2, 0.25) is 0 Å². The van der Waals surface area contributed by atoms with E-state index in [0.29, 0.717) is 0 Å². The number of hydrogen-bond acceptors (Lipinski definition) is 3. The molecule has 1 aromatic carbocycles. The van der Waals surface area contributed by atoms with Gasteiger partial charge in [-0.15, -0.1) is 0 Å². The Morgan fingerprint density at radius 1 is 1.19 bits per heavy atom. The monoisotopic (exact) mass is 213 g/mol. The first kappa shape index (κ1) is 10.8. The van der Waals surface area contributed by atoms with Crippen LogP contribution in [-0.4, -0.2) is 16.5 Å². The Kier molecular flexibility index (Phi) is 3.62. The van der Waals surface area contributed by atoms with Crippen molar-refractivity contribution in [3.63, 3.8) is 0 Å². The van der Waals surface area contributed by atoms with E-state index < -0.39 is 0 Å². The summed E-state index contributed by atoms with van der Waals surface area (Å²) in [5.41, 5.74) is 2.23. The van der Waals surface area contributed by atoms with Gasteiger partial charge < -0.3 is 5.32 Å². The van der Waals surface area contributed by atoms with Gasteiger partial charge in [0.15, 0.2) is 0 Å². The Bertz CT molecular complexity index is 374. The Labute approximate surface area is 95.6 Å². The van der Waals surface area contributed by atoms with E-state index in [1.54, 1.807) is 12.5 Å². The van der Waals surface area contributed by atoms with Gasteiger partial charge in [-0.25, -0.2) is 9.97 Å². The summed E-state index contributed by atoms with van der Waals surface area (Å²) in [6.07, 6.45) is 3.36. The molecule has 2 rings (SSSR count). The van der Waals surface area contributed by atoms with Crippen molar-refractivity contribution in [1.29, 1.82) is 0 Å². The molecule has 0 aliphatic carbocycles. The van der Waals surface area contributed by atoms with Gasteiger partial charge >= 0.3 is 0 Å². The maximum absolute atomic E-state index is 4.30. The molecule has 3 heteroatoms. The standard InChI is InChI=1S/C13H15N3/c1-2-15-13(11-6-4-3-5-7-11)12-8-9-14-10-16-12/h3-10,13,15H,2H2,1H3. The topological polar surface area (TPSA) is 37.8 Å². The number of nitrogens with zero attached hydrogens (tertiary/aromatic N) is 2. The normalized spacial score (nSPS) is 12.3. The van der Waals surface area contributed by atoms with Crippen molar-refractivity contribution in [2.24, 2.45) is 0 Å². The van der Waals surface area contributed by atoms with Crippen LogP contribution in [0.15, 0.2) is 48.9 Å². The van der Waals surface area contributed by atoms with E-state index >= 15 is 0 Å². The molecule has 1 heterocycles. The zero-order chi connectivity index (χ0) is 11.2. The van der Waals surface area contributed by atoms with E-state index in [2.05, 4.69) is 34.3 Å². The van der Waals surface area contributed by atoms with Crippen LogP contribution in [0.2, 0.25) is 0 Å². The average Bonchev–Trinajstić information content (AvgIpc) is 2.38. The zero-order valence-electron chi connectivity index (χ0n) is 9.30. The van der Waals surface area contributed by atoms with E-state index in [-0.39, 0.29) is 6.04 Å². The first-order valence-corrected chi connectivity index (χ1v) is 5.46. The third kappa shape index (κ3) is 2.44. The van der Waals surface area contributed by atoms with Crippen molar-refractivity contribution < 1.29 is 0 Å². The Morgan fingerprint density at radius 2 is 2.00 bits per heavy atom. The summed E-state index contributed by atoms with van der Waals surface area (Å²) in [6.45, 7) is 3.00. The van der Waals surface area contributed by atoms with Crippen molar-refractivity contribution in [2.45, 2.75) is 13.0 Å². The lowest BCUT2D eigenvalue weighted by Crippen LogP contribution is -2.22. The van der Waals surface area contributed by atoms with Gasteiger partial charge in [0.05, 0.1) is 11.7 Å². The fourth-order valence-electron chi connectivity index (χ4n) is 1.71. The molecule has 1 aromatic heterocycles. The SMILES string of the molecule is CCNC(c1ccccc1)c1ccncn1. The fourth-order valence-corrected chi connectivity index (χ4v) is 1.71. The summed E-state index contributed by atoms with van der Waals surface area (Å²) in [7, 11) is 0. The van der Waals surface area contributed by atoms with Crippen molar-refractivity contribution in [1.82, 2.24) is 15.3 Å². The van der Waals surface area contributed by atoms with Crippen LogP contribution in [0.4, 0.5) is 0 Å². The van der Waals surface area contributed by atoms with Crippen LogP contribution in [0.1, 0.15) is 24.2 Å². The smallest absolute Gasteiger partial charge is 0.115 e. The van der Waals surface area contributed by atoms with Crippen LogP contribution in [0.25, 0.3) is 0 Å². The summed E-state index contributed by atoms with van der Waals surface area (Å²) < 4.78 is 0. The Morgan fingerprint density at radius 3 is 2.62 bits per heavy atom. The third-order valence-corrected chi connectivity index (χ3v) is 2.44. The van der Waals surface area contributed by atoms with Gasteiger partial charge in [-0.3, -0.25) is 0 Å². The molecule has 0 saturated heterocycles. The maximum atomic E-state index is 4.30. The lowest BCUT2D eigenvalue weighted by atomic mass is 10.0. The molecule has 3 nitrogen and oxygen atoms in total. The fraction of sp³-hybridized carbons (Fsp3) is 0.231. The van der Waals surface area contributed by atoms with Gasteiger partial charge in [0.1, 0.15) is 6.33 Å². The van der Waals surface area contributed by atoms with Crippen LogP contribution < -0.4 is 5.32 Å². The van der Waals surface area contributed by atoms with Crippen molar-refractivity contribution >= 4 is 0 Å². The van der Waals surface area contributed by atoms with Crippen LogP contribution >= 0.6 is 0 Å². The minimum Gasteiger partial charge on any atom is -0.305 e. The van der Waals surface area contributed by atoms with E-state index in [0.717, 1.165) is 12.2 Å². The number of rotatable bonds is 4. The number of hydrogen-bond donors (Lipinski definition) is 1. The quantitative estimate of drug-likeness (QED) is 0.845. The van der Waals surface area contributed by atoms with Gasteiger partial charge in [0.25, 0.3) is 0 Å². The lowest BCUT2D eigenvalue weighted by Gasteiger charge is -2.17. The molecule has 0 amide bonds. The van der Waals surface area contributed by atoms with E-state index in [1.807, 2.05) is 24.3 Å². The van der Waals surface area contributed by atoms with Crippen LogP contribution in [0, 0.1) is 0 Å². The zero-order valence-corrected chi connectivity index (χ0v) is 9.30. The molecule has 0 spiro atoms. The van der Waals surface area contributed by atoms with Gasteiger partial charge in [0, 0.05) is 6.20 Å². The van der Waals surface area contributed by atoms with Crippen LogP contribution in [-0.2, 0) is 0 Å². The molecular formula is C13H15N3. The second kappa shape index (κ2) is 5.37. The van der Waals surface area contributed by atoms with E-state index in [9.17, 15) is 0 Å². The highest BCUT2D eigenvalue weighted by molar-refractivity contribution is 5.26. The second-order valence-electron chi connectivity index (χ2n) is 3.54. The third-order valence-electron chi connectivity index (χ3n) is 2.44. The van der Waals surface area contributed by atoms with E-state index in [4.69, 9.17) is 0 Å². The molecule has 0 aliphatic heterocycles. The first-order valence-electron chi connectivity index (χ1n) is 5.46. The van der Waals surface area contributed by atoms with Gasteiger partial charge in [-0.2, -0.15) is 0 Å². The number of benzene rings is 1. The molecular weight excluding hydrogens is 198 g/mol. The molecule has 2 aromatic rings. The summed E-state index contributed by atoms with van der Waals surface area (Å²) in [6, 6.07) is 12.4. The second-order valence-corrected chi connectivity index (χ2v) is 3.54.